The third-order valence-corrected chi connectivity index (χ3v) is 6.53. The van der Waals surface area contributed by atoms with Crippen molar-refractivity contribution < 1.29 is 4.74 Å². The number of nitrogens with one attached hydrogen (secondary N) is 1. The summed E-state index contributed by atoms with van der Waals surface area (Å²) >= 11 is 1.43. The molecule has 0 amide bonds. The van der Waals surface area contributed by atoms with Crippen molar-refractivity contribution in [1.82, 2.24) is 13.9 Å². The van der Waals surface area contributed by atoms with Crippen LogP contribution in [-0.4, -0.2) is 27.1 Å². The Morgan fingerprint density at radius 1 is 1.23 bits per heavy atom. The second-order valence-corrected chi connectivity index (χ2v) is 9.39. The molecule has 1 aliphatic carbocycles. The molecule has 1 aliphatic rings. The quantitative estimate of drug-likeness (QED) is 0.551. The van der Waals surface area contributed by atoms with Crippen LogP contribution < -0.4 is 15.6 Å². The van der Waals surface area contributed by atoms with E-state index in [1.54, 1.807) is 7.11 Å². The van der Waals surface area contributed by atoms with Crippen LogP contribution in [0.4, 0.5) is 5.69 Å². The predicted octanol–water partition coefficient (Wildman–Crippen LogP) is 5.17. The zero-order valence-electron chi connectivity index (χ0n) is 18.4. The smallest absolute Gasteiger partial charge is 0.273 e. The third kappa shape index (κ3) is 5.15. The fourth-order valence-electron chi connectivity index (χ4n) is 4.35. The molecule has 0 radical (unpaired) electrons. The lowest BCUT2D eigenvalue weighted by molar-refractivity contribution is 0.390. The fraction of sp³-hybridized carbons (Fsp3) is 0.458. The molecule has 0 bridgehead atoms. The highest BCUT2D eigenvalue weighted by Crippen LogP contribution is 2.35. The highest BCUT2D eigenvalue weighted by molar-refractivity contribution is 7.03. The summed E-state index contributed by atoms with van der Waals surface area (Å²) in [5.41, 5.74) is 4.13. The first-order valence-electron chi connectivity index (χ1n) is 10.9. The van der Waals surface area contributed by atoms with Crippen molar-refractivity contribution >= 4 is 17.2 Å². The molecule has 0 aromatic carbocycles. The maximum atomic E-state index is 13.1. The van der Waals surface area contributed by atoms with Gasteiger partial charge in [0.05, 0.1) is 7.11 Å². The van der Waals surface area contributed by atoms with Gasteiger partial charge >= 0.3 is 0 Å². The monoisotopic (exact) mass is 438 g/mol. The van der Waals surface area contributed by atoms with Crippen molar-refractivity contribution in [3.05, 3.63) is 58.1 Å². The van der Waals surface area contributed by atoms with E-state index in [1.165, 1.54) is 17.1 Å². The molecule has 3 aromatic rings. The van der Waals surface area contributed by atoms with Gasteiger partial charge in [-0.1, -0.05) is 13.8 Å². The molecule has 1 fully saturated rings. The molecule has 4 rings (SSSR count). The van der Waals surface area contributed by atoms with E-state index in [2.05, 4.69) is 34.6 Å². The first kappa shape index (κ1) is 21.6. The number of hydrogen-bond donors (Lipinski definition) is 1. The topological polar surface area (TPSA) is 69.0 Å². The van der Waals surface area contributed by atoms with Crippen molar-refractivity contribution in [2.24, 2.45) is 5.92 Å². The average Bonchev–Trinajstić information content (AvgIpc) is 3.31. The molecule has 3 heterocycles. The van der Waals surface area contributed by atoms with Crippen LogP contribution in [0.15, 0.2) is 47.0 Å². The lowest BCUT2D eigenvalue weighted by atomic mass is 9.82. The highest BCUT2D eigenvalue weighted by atomic mass is 32.1. The standard InChI is InChI=1S/C24H30N4O2S/c1-16(2)13-28-14-19(20-12-26-31-15-20)10-22(24(28)29)27-21-6-4-17(5-7-21)18-8-9-25-23(11-18)30-3/h8-12,14-17,21,27H,4-7,13H2,1-3H3. The summed E-state index contributed by atoms with van der Waals surface area (Å²) in [5, 5.41) is 5.60. The lowest BCUT2D eigenvalue weighted by Crippen LogP contribution is -2.31. The number of ether oxygens (including phenoxy) is 1. The van der Waals surface area contributed by atoms with E-state index in [0.29, 0.717) is 36.0 Å². The van der Waals surface area contributed by atoms with Crippen molar-refractivity contribution in [1.29, 1.82) is 0 Å². The number of pyridine rings is 2. The Bertz CT molecular complexity index is 1050. The Morgan fingerprint density at radius 3 is 2.71 bits per heavy atom. The second kappa shape index (κ2) is 9.64. The molecular formula is C24H30N4O2S. The molecule has 0 unspecified atom stereocenters. The number of aromatic nitrogens is 3. The van der Waals surface area contributed by atoms with Crippen molar-refractivity contribution in [2.75, 3.05) is 12.4 Å². The van der Waals surface area contributed by atoms with Crippen LogP contribution in [0.2, 0.25) is 0 Å². The van der Waals surface area contributed by atoms with Crippen molar-refractivity contribution in [2.45, 2.75) is 58.0 Å². The predicted molar refractivity (Wildman–Crippen MR) is 126 cm³/mol. The van der Waals surface area contributed by atoms with Gasteiger partial charge < -0.3 is 14.6 Å². The van der Waals surface area contributed by atoms with Gasteiger partial charge in [0, 0.05) is 53.8 Å². The Labute approximate surface area is 187 Å². The van der Waals surface area contributed by atoms with Crippen molar-refractivity contribution in [3.63, 3.8) is 0 Å². The summed E-state index contributed by atoms with van der Waals surface area (Å²) in [7, 11) is 1.65. The van der Waals surface area contributed by atoms with E-state index in [-0.39, 0.29) is 5.56 Å². The number of methoxy groups -OCH3 is 1. The molecule has 1 saturated carbocycles. The van der Waals surface area contributed by atoms with Gasteiger partial charge in [0.25, 0.3) is 5.56 Å². The van der Waals surface area contributed by atoms with Gasteiger partial charge in [-0.15, -0.1) is 0 Å². The summed E-state index contributed by atoms with van der Waals surface area (Å²) in [6.07, 6.45) is 9.87. The Hall–Kier alpha value is -2.67. The molecule has 1 N–H and O–H groups in total. The van der Waals surface area contributed by atoms with Crippen LogP contribution in [0.5, 0.6) is 5.88 Å². The molecule has 0 aliphatic heterocycles. The maximum Gasteiger partial charge on any atom is 0.273 e. The third-order valence-electron chi connectivity index (χ3n) is 5.94. The summed E-state index contributed by atoms with van der Waals surface area (Å²) < 4.78 is 11.3. The summed E-state index contributed by atoms with van der Waals surface area (Å²) in [4.78, 5) is 17.3. The first-order valence-corrected chi connectivity index (χ1v) is 11.8. The minimum atomic E-state index is 0.0571. The highest BCUT2D eigenvalue weighted by Gasteiger charge is 2.24. The zero-order valence-corrected chi connectivity index (χ0v) is 19.2. The molecule has 0 saturated heterocycles. The van der Waals surface area contributed by atoms with Gasteiger partial charge in [-0.05, 0) is 66.7 Å². The SMILES string of the molecule is COc1cc(C2CCC(Nc3cc(-c4cnsc4)cn(CC(C)C)c3=O)CC2)ccn1. The number of anilines is 1. The van der Waals surface area contributed by atoms with Crippen LogP contribution in [0.25, 0.3) is 11.1 Å². The zero-order chi connectivity index (χ0) is 21.8. The number of rotatable bonds is 7. The largest absolute Gasteiger partial charge is 0.481 e. The number of nitrogens with zero attached hydrogens (tertiary/aromatic N) is 3. The van der Waals surface area contributed by atoms with Crippen LogP contribution in [0.3, 0.4) is 0 Å². The van der Waals surface area contributed by atoms with Crippen molar-refractivity contribution in [3.8, 4) is 17.0 Å². The van der Waals surface area contributed by atoms with Gasteiger partial charge in [-0.25, -0.2) is 9.36 Å². The van der Waals surface area contributed by atoms with Gasteiger partial charge in [-0.3, -0.25) is 4.79 Å². The molecule has 7 heteroatoms. The first-order chi connectivity index (χ1) is 15.0. The van der Waals surface area contributed by atoms with E-state index in [0.717, 1.165) is 36.8 Å². The van der Waals surface area contributed by atoms with E-state index in [9.17, 15) is 4.79 Å². The van der Waals surface area contributed by atoms with E-state index >= 15 is 0 Å². The van der Waals surface area contributed by atoms with Crippen LogP contribution >= 0.6 is 11.5 Å². The van der Waals surface area contributed by atoms with Gasteiger partial charge in [-0.2, -0.15) is 0 Å². The lowest BCUT2D eigenvalue weighted by Gasteiger charge is -2.30. The van der Waals surface area contributed by atoms with Gasteiger partial charge in [0.2, 0.25) is 5.88 Å². The summed E-state index contributed by atoms with van der Waals surface area (Å²) in [6, 6.07) is 6.42. The molecule has 31 heavy (non-hydrogen) atoms. The Balaban J connectivity index is 1.50. The summed E-state index contributed by atoms with van der Waals surface area (Å²) in [5.74, 6) is 1.58. The molecule has 6 nitrogen and oxygen atoms in total. The molecule has 3 aromatic heterocycles. The average molecular weight is 439 g/mol. The molecule has 164 valence electrons. The van der Waals surface area contributed by atoms with Crippen LogP contribution in [-0.2, 0) is 6.54 Å². The summed E-state index contributed by atoms with van der Waals surface area (Å²) in [6.45, 7) is 4.97. The Kier molecular flexibility index (Phi) is 6.70. The maximum absolute atomic E-state index is 13.1. The number of hydrogen-bond acceptors (Lipinski definition) is 6. The van der Waals surface area contributed by atoms with Crippen LogP contribution in [0.1, 0.15) is 51.0 Å². The minimum Gasteiger partial charge on any atom is -0.481 e. The van der Waals surface area contributed by atoms with E-state index < -0.39 is 0 Å². The molecule has 0 spiro atoms. The fourth-order valence-corrected chi connectivity index (χ4v) is 4.90. The Morgan fingerprint density at radius 2 is 2.03 bits per heavy atom. The minimum absolute atomic E-state index is 0.0571. The van der Waals surface area contributed by atoms with E-state index in [4.69, 9.17) is 4.74 Å². The van der Waals surface area contributed by atoms with Gasteiger partial charge in [0.15, 0.2) is 0 Å². The molecule has 0 atom stereocenters. The normalized spacial score (nSPS) is 18.8. The van der Waals surface area contributed by atoms with E-state index in [1.807, 2.05) is 40.7 Å². The van der Waals surface area contributed by atoms with Crippen LogP contribution in [0, 0.1) is 5.92 Å². The molecular weight excluding hydrogens is 408 g/mol. The van der Waals surface area contributed by atoms with Gasteiger partial charge in [0.1, 0.15) is 5.69 Å². The second-order valence-electron chi connectivity index (χ2n) is 8.73.